The summed E-state index contributed by atoms with van der Waals surface area (Å²) < 4.78 is 14.9. The summed E-state index contributed by atoms with van der Waals surface area (Å²) in [5.41, 5.74) is 2.20. The minimum absolute atomic E-state index is 0.467. The van der Waals surface area contributed by atoms with Gasteiger partial charge in [0.1, 0.15) is 12.8 Å². The van der Waals surface area contributed by atoms with Gasteiger partial charge in [0.25, 0.3) is 5.91 Å². The summed E-state index contributed by atoms with van der Waals surface area (Å²) in [6.07, 6.45) is 2.32. The lowest BCUT2D eigenvalue weighted by molar-refractivity contribution is -0.121. The molecule has 2 atom stereocenters. The monoisotopic (exact) mass is 359 g/mol. The molecule has 0 saturated heterocycles. The lowest BCUT2D eigenvalue weighted by Crippen LogP contribution is -2.43. The molecule has 8 heteroatoms. The van der Waals surface area contributed by atoms with E-state index in [0.29, 0.717) is 5.56 Å². The molecule has 1 heterocycles. The van der Waals surface area contributed by atoms with Crippen LogP contribution in [0.5, 0.6) is 0 Å². The van der Waals surface area contributed by atoms with Crippen molar-refractivity contribution in [2.45, 2.75) is 23.9 Å². The zero-order valence-corrected chi connectivity index (χ0v) is 13.8. The molecule has 0 radical (unpaired) electrons. The van der Waals surface area contributed by atoms with Gasteiger partial charge in [-0.25, -0.2) is 9.37 Å². The van der Waals surface area contributed by atoms with Gasteiger partial charge in [-0.3, -0.25) is 4.79 Å². The maximum Gasteiger partial charge on any atom is 0.253 e. The molecule has 0 spiro atoms. The van der Waals surface area contributed by atoms with E-state index in [4.69, 9.17) is 23.2 Å². The van der Waals surface area contributed by atoms with Crippen LogP contribution >= 0.6 is 23.2 Å². The molecule has 23 heavy (non-hydrogen) atoms. The van der Waals surface area contributed by atoms with E-state index in [2.05, 4.69) is 10.3 Å². The van der Waals surface area contributed by atoms with E-state index >= 15 is 0 Å². The number of nitrogens with zero attached hydrogens (tertiary/aromatic N) is 2. The number of halogens is 3. The number of nitrogens with one attached hydrogen (secondary N) is 1. The standard InChI is InChI=1S/C15H16Cl2FN3O2/c1-9-7-21(8-19-9)11-4-2-10(3-5-11)13(22)12(6-18)20-15(23)14(16)17/h2-5,7-8,12-14,22H,6H2,1H3,(H,20,23)/t12-,13-/m1/s1. The second-order valence-electron chi connectivity index (χ2n) is 5.03. The molecule has 0 unspecified atom stereocenters. The Morgan fingerprint density at radius 2 is 2.04 bits per heavy atom. The quantitative estimate of drug-likeness (QED) is 0.778. The number of imidazole rings is 1. The molecule has 2 rings (SSSR count). The average Bonchev–Trinajstić information content (AvgIpc) is 2.98. The highest BCUT2D eigenvalue weighted by Crippen LogP contribution is 2.20. The summed E-state index contributed by atoms with van der Waals surface area (Å²) in [6, 6.07) is 5.72. The number of aromatic nitrogens is 2. The molecular weight excluding hydrogens is 344 g/mol. The number of aliphatic hydroxyl groups is 1. The lowest BCUT2D eigenvalue weighted by atomic mass is 10.0. The number of hydrogen-bond donors (Lipinski definition) is 2. The van der Waals surface area contributed by atoms with Crippen molar-refractivity contribution in [1.82, 2.24) is 14.9 Å². The SMILES string of the molecule is Cc1cn(-c2ccc([C@@H](O)[C@@H](CF)NC(=O)C(Cl)Cl)cc2)cn1. The highest BCUT2D eigenvalue weighted by molar-refractivity contribution is 6.53. The van der Waals surface area contributed by atoms with Crippen LogP contribution in [0.3, 0.4) is 0 Å². The van der Waals surface area contributed by atoms with Crippen LogP contribution in [0.15, 0.2) is 36.8 Å². The zero-order valence-electron chi connectivity index (χ0n) is 12.3. The molecule has 0 aliphatic heterocycles. The van der Waals surface area contributed by atoms with Crippen LogP contribution in [0.25, 0.3) is 5.69 Å². The maximum absolute atomic E-state index is 13.1. The van der Waals surface area contributed by atoms with Crippen molar-refractivity contribution in [3.05, 3.63) is 48.0 Å². The molecule has 1 amide bonds. The van der Waals surface area contributed by atoms with Gasteiger partial charge < -0.3 is 15.0 Å². The van der Waals surface area contributed by atoms with Gasteiger partial charge in [0.15, 0.2) is 4.84 Å². The third kappa shape index (κ3) is 4.43. The van der Waals surface area contributed by atoms with Crippen molar-refractivity contribution in [2.24, 2.45) is 0 Å². The summed E-state index contributed by atoms with van der Waals surface area (Å²) in [7, 11) is 0. The summed E-state index contributed by atoms with van der Waals surface area (Å²) in [5.74, 6) is -0.749. The third-order valence-electron chi connectivity index (χ3n) is 3.32. The molecular formula is C15H16Cl2FN3O2. The number of rotatable bonds is 6. The summed E-state index contributed by atoms with van der Waals surface area (Å²) in [4.78, 5) is 14.2. The van der Waals surface area contributed by atoms with Gasteiger partial charge in [0.2, 0.25) is 0 Å². The first-order valence-electron chi connectivity index (χ1n) is 6.86. The number of carbonyl (C=O) groups is 1. The lowest BCUT2D eigenvalue weighted by Gasteiger charge is -2.22. The molecule has 2 N–H and O–H groups in total. The predicted molar refractivity (Wildman–Crippen MR) is 86.7 cm³/mol. The van der Waals surface area contributed by atoms with Gasteiger partial charge in [-0.2, -0.15) is 0 Å². The molecule has 2 aromatic rings. The summed E-state index contributed by atoms with van der Waals surface area (Å²) in [6.45, 7) is 0.931. The van der Waals surface area contributed by atoms with Gasteiger partial charge in [-0.05, 0) is 24.6 Å². The summed E-state index contributed by atoms with van der Waals surface area (Å²) >= 11 is 10.8. The molecule has 0 aliphatic carbocycles. The van der Waals surface area contributed by atoms with Crippen LogP contribution < -0.4 is 5.32 Å². The average molecular weight is 360 g/mol. The van der Waals surface area contributed by atoms with Crippen molar-refractivity contribution < 1.29 is 14.3 Å². The van der Waals surface area contributed by atoms with Crippen LogP contribution in [0.4, 0.5) is 4.39 Å². The Morgan fingerprint density at radius 1 is 1.39 bits per heavy atom. The van der Waals surface area contributed by atoms with Crippen molar-refractivity contribution in [3.63, 3.8) is 0 Å². The van der Waals surface area contributed by atoms with E-state index in [1.807, 2.05) is 17.7 Å². The normalized spacial score (nSPS) is 13.8. The third-order valence-corrected chi connectivity index (χ3v) is 3.71. The van der Waals surface area contributed by atoms with Gasteiger partial charge >= 0.3 is 0 Å². The van der Waals surface area contributed by atoms with Gasteiger partial charge in [0, 0.05) is 11.9 Å². The first kappa shape index (κ1) is 17.7. The van der Waals surface area contributed by atoms with E-state index in [1.165, 1.54) is 0 Å². The van der Waals surface area contributed by atoms with Crippen molar-refractivity contribution in [2.75, 3.05) is 6.67 Å². The van der Waals surface area contributed by atoms with E-state index < -0.39 is 29.6 Å². The van der Waals surface area contributed by atoms with Crippen LogP contribution in [0, 0.1) is 6.92 Å². The highest BCUT2D eigenvalue weighted by Gasteiger charge is 2.25. The van der Waals surface area contributed by atoms with Crippen LogP contribution in [-0.4, -0.2) is 38.1 Å². The number of benzene rings is 1. The van der Waals surface area contributed by atoms with E-state index in [-0.39, 0.29) is 0 Å². The number of aryl methyl sites for hydroxylation is 1. The first-order chi connectivity index (χ1) is 10.9. The Bertz CT molecular complexity index is 661. The van der Waals surface area contributed by atoms with Crippen LogP contribution in [-0.2, 0) is 4.79 Å². The number of amides is 1. The largest absolute Gasteiger partial charge is 0.386 e. The topological polar surface area (TPSA) is 67.2 Å². The molecule has 124 valence electrons. The zero-order chi connectivity index (χ0) is 17.0. The fourth-order valence-electron chi connectivity index (χ4n) is 2.09. The van der Waals surface area contributed by atoms with E-state index in [1.54, 1.807) is 30.6 Å². The fraction of sp³-hybridized carbons (Fsp3) is 0.333. The molecule has 1 aromatic carbocycles. The Balaban J connectivity index is 2.12. The fourth-order valence-corrected chi connectivity index (χ4v) is 2.21. The maximum atomic E-state index is 13.1. The Morgan fingerprint density at radius 3 is 2.52 bits per heavy atom. The summed E-state index contributed by atoms with van der Waals surface area (Å²) in [5, 5.41) is 12.5. The van der Waals surface area contributed by atoms with E-state index in [0.717, 1.165) is 11.4 Å². The van der Waals surface area contributed by atoms with Crippen molar-refractivity contribution in [1.29, 1.82) is 0 Å². The molecule has 5 nitrogen and oxygen atoms in total. The molecule has 0 saturated carbocycles. The number of alkyl halides is 3. The number of hydrogen-bond acceptors (Lipinski definition) is 3. The van der Waals surface area contributed by atoms with Gasteiger partial charge in [-0.15, -0.1) is 0 Å². The highest BCUT2D eigenvalue weighted by atomic mass is 35.5. The Kier molecular flexibility index (Phi) is 5.98. The number of carbonyl (C=O) groups excluding carboxylic acids is 1. The van der Waals surface area contributed by atoms with Crippen LogP contribution in [0.1, 0.15) is 17.4 Å². The Labute approximate surface area is 143 Å². The second kappa shape index (κ2) is 7.77. The number of aliphatic hydroxyl groups excluding tert-OH is 1. The van der Waals surface area contributed by atoms with Gasteiger partial charge in [-0.1, -0.05) is 35.3 Å². The smallest absolute Gasteiger partial charge is 0.253 e. The first-order valence-corrected chi connectivity index (χ1v) is 7.73. The minimum atomic E-state index is -1.32. The molecule has 0 aliphatic rings. The van der Waals surface area contributed by atoms with Gasteiger partial charge in [0.05, 0.1) is 18.1 Å². The Hall–Kier alpha value is -1.63. The van der Waals surface area contributed by atoms with Crippen LogP contribution in [0.2, 0.25) is 0 Å². The molecule has 0 fully saturated rings. The van der Waals surface area contributed by atoms with Crippen molar-refractivity contribution >= 4 is 29.1 Å². The van der Waals surface area contributed by atoms with E-state index in [9.17, 15) is 14.3 Å². The minimum Gasteiger partial charge on any atom is -0.386 e. The van der Waals surface area contributed by atoms with Crippen molar-refractivity contribution in [3.8, 4) is 5.69 Å². The molecule has 0 bridgehead atoms. The predicted octanol–water partition coefficient (Wildman–Crippen LogP) is 2.47. The second-order valence-corrected chi connectivity index (χ2v) is 6.13. The molecule has 1 aromatic heterocycles.